The summed E-state index contributed by atoms with van der Waals surface area (Å²) in [4.78, 5) is 14.9. The predicted octanol–water partition coefficient (Wildman–Crippen LogP) is 1.51. The number of rotatable bonds is 1. The number of carbonyl (C=O) groups is 1. The van der Waals surface area contributed by atoms with E-state index in [1.807, 2.05) is 23.1 Å². The first kappa shape index (κ1) is 13.6. The molecule has 4 heteroatoms. The summed E-state index contributed by atoms with van der Waals surface area (Å²) in [5, 5.41) is 3.36. The molecule has 0 saturated carbocycles. The molecule has 1 amide bonds. The quantitative estimate of drug-likeness (QED) is 0.844. The normalized spacial score (nSPS) is 29.9. The van der Waals surface area contributed by atoms with Gasteiger partial charge in [0.2, 0.25) is 0 Å². The third-order valence-corrected chi connectivity index (χ3v) is 4.30. The minimum atomic E-state index is -0.428. The smallest absolute Gasteiger partial charge is 0.256 e. The zero-order chi connectivity index (χ0) is 14.1. The van der Waals surface area contributed by atoms with Crippen LogP contribution in [-0.2, 0) is 16.0 Å². The number of piperazine rings is 1. The third kappa shape index (κ3) is 2.34. The standard InChI is InChI=1S/C16H22N2O2/c1-11-9-17-10-12(2)18(11)16(19)15-14-6-4-3-5-13(14)7-8-20-15/h3-6,11-12,15,17H,7-10H2,1-2H3. The Morgan fingerprint density at radius 3 is 2.70 bits per heavy atom. The van der Waals surface area contributed by atoms with Gasteiger partial charge in [-0.05, 0) is 31.4 Å². The largest absolute Gasteiger partial charge is 0.363 e. The fourth-order valence-corrected chi connectivity index (χ4v) is 3.30. The summed E-state index contributed by atoms with van der Waals surface area (Å²) in [7, 11) is 0. The molecule has 0 radical (unpaired) electrons. The fraction of sp³-hybridized carbons (Fsp3) is 0.562. The number of benzene rings is 1. The first-order valence-corrected chi connectivity index (χ1v) is 7.41. The lowest BCUT2D eigenvalue weighted by atomic mass is 9.95. The zero-order valence-corrected chi connectivity index (χ0v) is 12.1. The van der Waals surface area contributed by atoms with Crippen LogP contribution in [0.15, 0.2) is 24.3 Å². The van der Waals surface area contributed by atoms with Crippen molar-refractivity contribution < 1.29 is 9.53 Å². The first-order valence-electron chi connectivity index (χ1n) is 7.41. The highest BCUT2D eigenvalue weighted by Crippen LogP contribution is 2.30. The van der Waals surface area contributed by atoms with E-state index in [0.29, 0.717) is 6.61 Å². The Hall–Kier alpha value is -1.39. The van der Waals surface area contributed by atoms with Gasteiger partial charge in [-0.2, -0.15) is 0 Å². The van der Waals surface area contributed by atoms with Gasteiger partial charge in [-0.1, -0.05) is 24.3 Å². The number of hydrogen-bond acceptors (Lipinski definition) is 3. The van der Waals surface area contributed by atoms with E-state index in [2.05, 4.69) is 25.2 Å². The van der Waals surface area contributed by atoms with Crippen LogP contribution in [0, 0.1) is 0 Å². The molecule has 20 heavy (non-hydrogen) atoms. The summed E-state index contributed by atoms with van der Waals surface area (Å²) in [5.74, 6) is 0.110. The monoisotopic (exact) mass is 274 g/mol. The van der Waals surface area contributed by atoms with Crippen molar-refractivity contribution in [2.75, 3.05) is 19.7 Å². The number of amides is 1. The molecule has 3 unspecified atom stereocenters. The molecule has 1 aromatic carbocycles. The van der Waals surface area contributed by atoms with Crippen molar-refractivity contribution in [3.05, 3.63) is 35.4 Å². The van der Waals surface area contributed by atoms with Gasteiger partial charge in [0.25, 0.3) is 5.91 Å². The molecular formula is C16H22N2O2. The summed E-state index contributed by atoms with van der Waals surface area (Å²) in [6.45, 7) is 6.52. The molecule has 0 aromatic heterocycles. The van der Waals surface area contributed by atoms with Crippen LogP contribution < -0.4 is 5.32 Å². The zero-order valence-electron chi connectivity index (χ0n) is 12.1. The lowest BCUT2D eigenvalue weighted by molar-refractivity contribution is -0.150. The van der Waals surface area contributed by atoms with Crippen molar-refractivity contribution in [2.45, 2.75) is 38.5 Å². The second-order valence-corrected chi connectivity index (χ2v) is 5.80. The second-order valence-electron chi connectivity index (χ2n) is 5.80. The average Bonchev–Trinajstić information content (AvgIpc) is 2.46. The second kappa shape index (κ2) is 5.54. The Morgan fingerprint density at radius 2 is 1.95 bits per heavy atom. The highest BCUT2D eigenvalue weighted by molar-refractivity contribution is 5.83. The highest BCUT2D eigenvalue weighted by atomic mass is 16.5. The average molecular weight is 274 g/mol. The van der Waals surface area contributed by atoms with Crippen LogP contribution in [0.2, 0.25) is 0 Å². The Labute approximate surface area is 120 Å². The molecule has 4 nitrogen and oxygen atoms in total. The highest BCUT2D eigenvalue weighted by Gasteiger charge is 2.36. The number of hydrogen-bond donors (Lipinski definition) is 1. The van der Waals surface area contributed by atoms with Crippen LogP contribution in [0.4, 0.5) is 0 Å². The maximum Gasteiger partial charge on any atom is 0.256 e. The molecule has 2 heterocycles. The molecule has 0 bridgehead atoms. The van der Waals surface area contributed by atoms with Crippen LogP contribution >= 0.6 is 0 Å². The first-order chi connectivity index (χ1) is 9.68. The topological polar surface area (TPSA) is 41.6 Å². The Balaban J connectivity index is 1.88. The van der Waals surface area contributed by atoms with E-state index in [-0.39, 0.29) is 18.0 Å². The van der Waals surface area contributed by atoms with Crippen molar-refractivity contribution in [3.63, 3.8) is 0 Å². The third-order valence-electron chi connectivity index (χ3n) is 4.30. The van der Waals surface area contributed by atoms with Gasteiger partial charge < -0.3 is 15.0 Å². The number of carbonyl (C=O) groups excluding carboxylic acids is 1. The molecule has 2 aliphatic heterocycles. The van der Waals surface area contributed by atoms with Gasteiger partial charge >= 0.3 is 0 Å². The Morgan fingerprint density at radius 1 is 1.25 bits per heavy atom. The molecule has 1 fully saturated rings. The molecule has 3 atom stereocenters. The van der Waals surface area contributed by atoms with E-state index >= 15 is 0 Å². The van der Waals surface area contributed by atoms with Crippen LogP contribution in [-0.4, -0.2) is 42.6 Å². The van der Waals surface area contributed by atoms with Crippen molar-refractivity contribution in [1.29, 1.82) is 0 Å². The summed E-state index contributed by atoms with van der Waals surface area (Å²) in [6, 6.07) is 8.56. The number of ether oxygens (including phenoxy) is 1. The molecule has 1 N–H and O–H groups in total. The maximum absolute atomic E-state index is 12.9. The van der Waals surface area contributed by atoms with Gasteiger partial charge in [-0.25, -0.2) is 0 Å². The SMILES string of the molecule is CC1CNCC(C)N1C(=O)C1OCCc2ccccc21. The van der Waals surface area contributed by atoms with E-state index in [1.165, 1.54) is 5.56 Å². The van der Waals surface area contributed by atoms with Gasteiger partial charge in [0.1, 0.15) is 0 Å². The molecule has 1 aromatic rings. The van der Waals surface area contributed by atoms with Crippen LogP contribution in [0.5, 0.6) is 0 Å². The fourth-order valence-electron chi connectivity index (χ4n) is 3.30. The van der Waals surface area contributed by atoms with E-state index < -0.39 is 6.10 Å². The van der Waals surface area contributed by atoms with Gasteiger partial charge in [-0.3, -0.25) is 4.79 Å². The summed E-state index contributed by atoms with van der Waals surface area (Å²) >= 11 is 0. The van der Waals surface area contributed by atoms with E-state index in [4.69, 9.17) is 4.74 Å². The van der Waals surface area contributed by atoms with E-state index in [0.717, 1.165) is 25.1 Å². The Bertz CT molecular complexity index is 493. The summed E-state index contributed by atoms with van der Waals surface area (Å²) in [6.07, 6.45) is 0.468. The number of nitrogens with one attached hydrogen (secondary N) is 1. The molecule has 1 saturated heterocycles. The molecule has 0 spiro atoms. The maximum atomic E-state index is 12.9. The van der Waals surface area contributed by atoms with E-state index in [9.17, 15) is 4.79 Å². The van der Waals surface area contributed by atoms with Crippen molar-refractivity contribution in [1.82, 2.24) is 10.2 Å². The van der Waals surface area contributed by atoms with Crippen LogP contribution in [0.25, 0.3) is 0 Å². The van der Waals surface area contributed by atoms with Crippen LogP contribution in [0.1, 0.15) is 31.1 Å². The number of nitrogens with zero attached hydrogens (tertiary/aromatic N) is 1. The minimum absolute atomic E-state index is 0.110. The molecule has 3 rings (SSSR count). The molecule has 2 aliphatic rings. The minimum Gasteiger partial charge on any atom is -0.363 e. The van der Waals surface area contributed by atoms with Crippen LogP contribution in [0.3, 0.4) is 0 Å². The van der Waals surface area contributed by atoms with Gasteiger partial charge in [0.15, 0.2) is 6.10 Å². The molecular weight excluding hydrogens is 252 g/mol. The van der Waals surface area contributed by atoms with E-state index in [1.54, 1.807) is 0 Å². The molecule has 108 valence electrons. The van der Waals surface area contributed by atoms with Gasteiger partial charge in [-0.15, -0.1) is 0 Å². The Kier molecular flexibility index (Phi) is 3.76. The van der Waals surface area contributed by atoms with Crippen molar-refractivity contribution >= 4 is 5.91 Å². The lowest BCUT2D eigenvalue weighted by Crippen LogP contribution is -2.58. The van der Waals surface area contributed by atoms with Crippen molar-refractivity contribution in [2.24, 2.45) is 0 Å². The van der Waals surface area contributed by atoms with Crippen molar-refractivity contribution in [3.8, 4) is 0 Å². The molecule has 0 aliphatic carbocycles. The lowest BCUT2D eigenvalue weighted by Gasteiger charge is -2.42. The summed E-state index contributed by atoms with van der Waals surface area (Å²) < 4.78 is 5.80. The predicted molar refractivity (Wildman–Crippen MR) is 77.5 cm³/mol. The van der Waals surface area contributed by atoms with Gasteiger partial charge in [0.05, 0.1) is 6.61 Å². The summed E-state index contributed by atoms with van der Waals surface area (Å²) in [5.41, 5.74) is 2.29. The van der Waals surface area contributed by atoms with Gasteiger partial charge in [0, 0.05) is 25.2 Å². The number of fused-ring (bicyclic) bond motifs is 1.